The number of carbonyl (C=O) groups is 2. The monoisotopic (exact) mass is 244 g/mol. The molecule has 0 aliphatic rings. The fourth-order valence-electron chi connectivity index (χ4n) is 0.701. The number of hydrogen-bond acceptors (Lipinski definition) is 2. The maximum Gasteiger partial charge on any atom is 0.290 e. The Kier molecular flexibility index (Phi) is 6.82. The van der Waals surface area contributed by atoms with Crippen molar-refractivity contribution in [3.05, 3.63) is 35.9 Å². The second-order valence-corrected chi connectivity index (χ2v) is 2.59. The average molecular weight is 245 g/mol. The largest absolute Gasteiger partial charge is 0.483 e. The highest BCUT2D eigenvalue weighted by Gasteiger charge is 1.99. The normalized spacial score (nSPS) is 8.08. The van der Waals surface area contributed by atoms with Gasteiger partial charge in [-0.2, -0.15) is 0 Å². The van der Waals surface area contributed by atoms with E-state index in [-0.39, 0.29) is 12.3 Å². The van der Waals surface area contributed by atoms with E-state index in [0.717, 1.165) is 5.56 Å². The zero-order valence-corrected chi connectivity index (χ0v) is 8.40. The van der Waals surface area contributed by atoms with Gasteiger partial charge >= 0.3 is 0 Å². The lowest BCUT2D eigenvalue weighted by Gasteiger charge is -1.92. The molecule has 1 rings (SSSR count). The summed E-state index contributed by atoms with van der Waals surface area (Å²) in [5, 5.41) is 7.29. The third kappa shape index (κ3) is 5.14. The summed E-state index contributed by atoms with van der Waals surface area (Å²) in [6.07, 6.45) is 0. The standard InChI is InChI=1S/C8H7BrO.CH2O2/c9-6-8(10)7-4-2-1-3-5-7;2-1-3/h1-5H,6H2;1H,(H,2,3). The van der Waals surface area contributed by atoms with Gasteiger partial charge in [0, 0.05) is 5.56 Å². The van der Waals surface area contributed by atoms with Gasteiger partial charge in [-0.3, -0.25) is 9.59 Å². The first-order chi connectivity index (χ1) is 6.26. The van der Waals surface area contributed by atoms with E-state index in [4.69, 9.17) is 9.90 Å². The van der Waals surface area contributed by atoms with Crippen LogP contribution in [-0.2, 0) is 4.79 Å². The Balaban J connectivity index is 0.000000424. The summed E-state index contributed by atoms with van der Waals surface area (Å²) >= 11 is 3.10. The zero-order chi connectivity index (χ0) is 10.1. The Morgan fingerprint density at radius 3 is 2.23 bits per heavy atom. The molecule has 1 aromatic rings. The number of halogens is 1. The Labute approximate surface area is 84.5 Å². The van der Waals surface area contributed by atoms with Crippen molar-refractivity contribution in [2.75, 3.05) is 5.33 Å². The van der Waals surface area contributed by atoms with Crippen LogP contribution >= 0.6 is 15.9 Å². The molecular formula is C9H9BrO3. The van der Waals surface area contributed by atoms with Crippen molar-refractivity contribution in [2.45, 2.75) is 0 Å². The number of benzene rings is 1. The molecule has 0 saturated heterocycles. The van der Waals surface area contributed by atoms with Gasteiger partial charge in [-0.1, -0.05) is 46.3 Å². The zero-order valence-electron chi connectivity index (χ0n) is 6.81. The predicted molar refractivity (Wildman–Crippen MR) is 53.3 cm³/mol. The van der Waals surface area contributed by atoms with E-state index in [1.165, 1.54) is 0 Å². The van der Waals surface area contributed by atoms with Gasteiger partial charge in [0.25, 0.3) is 6.47 Å². The maximum atomic E-state index is 11.0. The lowest BCUT2D eigenvalue weighted by atomic mass is 10.2. The second-order valence-electron chi connectivity index (χ2n) is 2.03. The molecule has 0 aliphatic carbocycles. The van der Waals surface area contributed by atoms with Gasteiger partial charge < -0.3 is 5.11 Å². The minimum absolute atomic E-state index is 0.126. The quantitative estimate of drug-likeness (QED) is 0.492. The van der Waals surface area contributed by atoms with Crippen LogP contribution in [-0.4, -0.2) is 22.7 Å². The Morgan fingerprint density at radius 1 is 1.38 bits per heavy atom. The van der Waals surface area contributed by atoms with Crippen LogP contribution in [0.15, 0.2) is 30.3 Å². The van der Waals surface area contributed by atoms with Gasteiger partial charge in [0.15, 0.2) is 5.78 Å². The summed E-state index contributed by atoms with van der Waals surface area (Å²) in [7, 11) is 0. The molecule has 0 heterocycles. The van der Waals surface area contributed by atoms with Crippen LogP contribution in [0.1, 0.15) is 10.4 Å². The molecule has 13 heavy (non-hydrogen) atoms. The van der Waals surface area contributed by atoms with Crippen LogP contribution in [0, 0.1) is 0 Å². The maximum absolute atomic E-state index is 11.0. The lowest BCUT2D eigenvalue weighted by molar-refractivity contribution is -0.122. The molecule has 1 aromatic carbocycles. The minimum Gasteiger partial charge on any atom is -0.483 e. The molecule has 0 fully saturated rings. The Bertz CT molecular complexity index is 259. The van der Waals surface area contributed by atoms with Crippen LogP contribution in [0.5, 0.6) is 0 Å². The summed E-state index contributed by atoms with van der Waals surface area (Å²) in [5.74, 6) is 0.126. The van der Waals surface area contributed by atoms with Crippen molar-refractivity contribution >= 4 is 28.2 Å². The van der Waals surface area contributed by atoms with E-state index < -0.39 is 0 Å². The van der Waals surface area contributed by atoms with Crippen molar-refractivity contribution < 1.29 is 14.7 Å². The lowest BCUT2D eigenvalue weighted by Crippen LogP contribution is -1.98. The fraction of sp³-hybridized carbons (Fsp3) is 0.111. The van der Waals surface area contributed by atoms with E-state index in [1.807, 2.05) is 30.3 Å². The summed E-state index contributed by atoms with van der Waals surface area (Å²) < 4.78 is 0. The third-order valence-corrected chi connectivity index (χ3v) is 1.73. The molecular weight excluding hydrogens is 236 g/mol. The van der Waals surface area contributed by atoms with E-state index in [2.05, 4.69) is 15.9 Å². The molecule has 0 radical (unpaired) electrons. The van der Waals surface area contributed by atoms with Crippen molar-refractivity contribution in [2.24, 2.45) is 0 Å². The van der Waals surface area contributed by atoms with Gasteiger partial charge in [0.1, 0.15) is 0 Å². The van der Waals surface area contributed by atoms with E-state index in [9.17, 15) is 4.79 Å². The highest BCUT2D eigenvalue weighted by Crippen LogP contribution is 2.01. The number of Topliss-reactive ketones (excluding diaryl/α,β-unsaturated/α-hetero) is 1. The van der Waals surface area contributed by atoms with E-state index >= 15 is 0 Å². The molecule has 0 amide bonds. The fourth-order valence-corrected chi connectivity index (χ4v) is 1.02. The number of alkyl halides is 1. The van der Waals surface area contributed by atoms with Gasteiger partial charge in [0.05, 0.1) is 5.33 Å². The number of ketones is 1. The molecule has 0 unspecified atom stereocenters. The predicted octanol–water partition coefficient (Wildman–Crippen LogP) is 1.96. The number of carbonyl (C=O) groups excluding carboxylic acids is 1. The Morgan fingerprint density at radius 2 is 1.85 bits per heavy atom. The SMILES string of the molecule is O=C(CBr)c1ccccc1.O=CO. The number of rotatable bonds is 2. The second kappa shape index (κ2) is 7.49. The molecule has 4 heteroatoms. The van der Waals surface area contributed by atoms with Crippen molar-refractivity contribution in [3.8, 4) is 0 Å². The molecule has 0 saturated carbocycles. The topological polar surface area (TPSA) is 54.4 Å². The smallest absolute Gasteiger partial charge is 0.290 e. The molecule has 0 bridgehead atoms. The van der Waals surface area contributed by atoms with Crippen molar-refractivity contribution in [1.82, 2.24) is 0 Å². The highest BCUT2D eigenvalue weighted by molar-refractivity contribution is 9.09. The van der Waals surface area contributed by atoms with Crippen molar-refractivity contribution in [1.29, 1.82) is 0 Å². The molecule has 1 N–H and O–H groups in total. The van der Waals surface area contributed by atoms with Crippen LogP contribution in [0.4, 0.5) is 0 Å². The molecule has 0 spiro atoms. The first kappa shape index (κ1) is 11.8. The van der Waals surface area contributed by atoms with Gasteiger partial charge in [-0.15, -0.1) is 0 Å². The van der Waals surface area contributed by atoms with Crippen LogP contribution < -0.4 is 0 Å². The summed E-state index contributed by atoms with van der Waals surface area (Å²) in [6, 6.07) is 9.23. The van der Waals surface area contributed by atoms with Gasteiger partial charge in [-0.05, 0) is 0 Å². The number of carboxylic acid groups (broad SMARTS) is 1. The van der Waals surface area contributed by atoms with Crippen LogP contribution in [0.25, 0.3) is 0 Å². The first-order valence-electron chi connectivity index (χ1n) is 3.48. The molecule has 0 aliphatic heterocycles. The Hall–Kier alpha value is -1.16. The summed E-state index contributed by atoms with van der Waals surface area (Å²) in [6.45, 7) is -0.250. The van der Waals surface area contributed by atoms with Crippen LogP contribution in [0.2, 0.25) is 0 Å². The van der Waals surface area contributed by atoms with Gasteiger partial charge in [-0.25, -0.2) is 0 Å². The van der Waals surface area contributed by atoms with Crippen molar-refractivity contribution in [3.63, 3.8) is 0 Å². The third-order valence-electron chi connectivity index (χ3n) is 1.22. The first-order valence-corrected chi connectivity index (χ1v) is 4.60. The highest BCUT2D eigenvalue weighted by atomic mass is 79.9. The van der Waals surface area contributed by atoms with E-state index in [1.54, 1.807) is 0 Å². The molecule has 0 aromatic heterocycles. The van der Waals surface area contributed by atoms with Crippen LogP contribution in [0.3, 0.4) is 0 Å². The molecule has 0 atom stereocenters. The number of hydrogen-bond donors (Lipinski definition) is 1. The summed E-state index contributed by atoms with van der Waals surface area (Å²) in [4.78, 5) is 19.3. The van der Waals surface area contributed by atoms with E-state index in [0.29, 0.717) is 5.33 Å². The minimum atomic E-state index is -0.250. The molecule has 70 valence electrons. The average Bonchev–Trinajstić information content (AvgIpc) is 2.19. The molecule has 3 nitrogen and oxygen atoms in total. The van der Waals surface area contributed by atoms with Gasteiger partial charge in [0.2, 0.25) is 0 Å². The summed E-state index contributed by atoms with van der Waals surface area (Å²) in [5.41, 5.74) is 0.763.